The van der Waals surface area contributed by atoms with Gasteiger partial charge in [0, 0.05) is 37.6 Å². The largest absolute Gasteiger partial charge is 0.335 e. The van der Waals surface area contributed by atoms with Crippen LogP contribution in [-0.2, 0) is 17.1 Å². The van der Waals surface area contributed by atoms with Crippen LogP contribution in [0, 0.1) is 0 Å². The number of nitrogens with zero attached hydrogens (tertiary/aromatic N) is 4. The van der Waals surface area contributed by atoms with Gasteiger partial charge >= 0.3 is 0 Å². The summed E-state index contributed by atoms with van der Waals surface area (Å²) in [5.74, 6) is -0.200. The third kappa shape index (κ3) is 3.58. The summed E-state index contributed by atoms with van der Waals surface area (Å²) in [6.45, 7) is 0.336. The number of aryl methyl sites for hydroxylation is 1. The van der Waals surface area contributed by atoms with Crippen molar-refractivity contribution in [2.24, 2.45) is 7.05 Å². The Bertz CT molecular complexity index is 1070. The number of carbonyl (C=O) groups excluding carboxylic acids is 1. The van der Waals surface area contributed by atoms with Crippen LogP contribution >= 0.6 is 11.3 Å². The number of rotatable bonds is 5. The van der Waals surface area contributed by atoms with Gasteiger partial charge in [-0.25, -0.2) is 13.4 Å². The van der Waals surface area contributed by atoms with Crippen molar-refractivity contribution in [2.75, 3.05) is 17.8 Å². The van der Waals surface area contributed by atoms with Crippen LogP contribution < -0.4 is 4.72 Å². The molecule has 1 aromatic carbocycles. The predicted octanol–water partition coefficient (Wildman–Crippen LogP) is 1.81. The molecular formula is C17H17N5O3S2. The Morgan fingerprint density at radius 3 is 2.63 bits per heavy atom. The maximum absolute atomic E-state index is 12.6. The molecule has 8 nitrogen and oxygen atoms in total. The zero-order valence-electron chi connectivity index (χ0n) is 14.4. The van der Waals surface area contributed by atoms with Gasteiger partial charge in [-0.05, 0) is 12.1 Å². The smallest absolute Gasteiger partial charge is 0.265 e. The number of para-hydroxylation sites is 1. The number of carbonyl (C=O) groups is 1. The van der Waals surface area contributed by atoms with E-state index in [4.69, 9.17) is 0 Å². The fourth-order valence-electron chi connectivity index (χ4n) is 2.75. The lowest BCUT2D eigenvalue weighted by Gasteiger charge is -2.38. The summed E-state index contributed by atoms with van der Waals surface area (Å²) in [5.41, 5.74) is 1.36. The molecule has 0 aliphatic carbocycles. The highest BCUT2D eigenvalue weighted by Gasteiger charge is 2.40. The molecule has 1 fully saturated rings. The Morgan fingerprint density at radius 1 is 1.22 bits per heavy atom. The first-order valence-electron chi connectivity index (χ1n) is 8.23. The van der Waals surface area contributed by atoms with Crippen LogP contribution in [0.4, 0.5) is 5.69 Å². The molecule has 3 heterocycles. The Morgan fingerprint density at radius 2 is 1.96 bits per heavy atom. The molecule has 0 radical (unpaired) electrons. The summed E-state index contributed by atoms with van der Waals surface area (Å²) in [4.78, 5) is 18.9. The molecule has 140 valence electrons. The molecule has 0 spiro atoms. The van der Waals surface area contributed by atoms with Crippen LogP contribution in [0.3, 0.4) is 0 Å². The van der Waals surface area contributed by atoms with Crippen molar-refractivity contribution in [1.29, 1.82) is 0 Å². The van der Waals surface area contributed by atoms with E-state index in [0.29, 0.717) is 15.6 Å². The minimum absolute atomic E-state index is 0.168. The number of hydrogen-bond donors (Lipinski definition) is 1. The van der Waals surface area contributed by atoms with Crippen LogP contribution in [0.5, 0.6) is 0 Å². The van der Waals surface area contributed by atoms with Gasteiger partial charge in [0.15, 0.2) is 0 Å². The fourth-order valence-corrected chi connectivity index (χ4v) is 4.99. The number of anilines is 1. The van der Waals surface area contributed by atoms with E-state index in [-0.39, 0.29) is 19.0 Å². The molecule has 0 unspecified atom stereocenters. The second kappa shape index (κ2) is 6.78. The van der Waals surface area contributed by atoms with Gasteiger partial charge in [0.25, 0.3) is 5.91 Å². The van der Waals surface area contributed by atoms with Gasteiger partial charge in [0.1, 0.15) is 15.1 Å². The molecule has 2 aromatic heterocycles. The second-order valence-electron chi connectivity index (χ2n) is 6.28. The zero-order valence-corrected chi connectivity index (χ0v) is 16.1. The van der Waals surface area contributed by atoms with Gasteiger partial charge in [-0.2, -0.15) is 5.10 Å². The van der Waals surface area contributed by atoms with E-state index in [0.717, 1.165) is 5.56 Å². The molecule has 0 atom stereocenters. The molecule has 3 aromatic rings. The van der Waals surface area contributed by atoms with Gasteiger partial charge in [-0.1, -0.05) is 18.2 Å². The maximum atomic E-state index is 12.6. The zero-order chi connectivity index (χ0) is 19.0. The van der Waals surface area contributed by atoms with E-state index in [2.05, 4.69) is 14.8 Å². The summed E-state index contributed by atoms with van der Waals surface area (Å²) in [6, 6.07) is 8.72. The average Bonchev–Trinajstić information content (AvgIpc) is 3.22. The Hall–Kier alpha value is -2.72. The number of hydrogen-bond acceptors (Lipinski definition) is 6. The molecule has 27 heavy (non-hydrogen) atoms. The minimum Gasteiger partial charge on any atom is -0.335 e. The number of nitrogens with one attached hydrogen (secondary N) is 1. The summed E-state index contributed by atoms with van der Waals surface area (Å²) in [6.07, 6.45) is 5.04. The Labute approximate surface area is 160 Å². The lowest BCUT2D eigenvalue weighted by molar-refractivity contribution is 0.0664. The minimum atomic E-state index is -3.53. The van der Waals surface area contributed by atoms with Gasteiger partial charge in [0.2, 0.25) is 10.0 Å². The van der Waals surface area contributed by atoms with Crippen LogP contribution in [0.1, 0.15) is 9.67 Å². The highest BCUT2D eigenvalue weighted by Crippen LogP contribution is 2.28. The number of aromatic nitrogens is 3. The summed E-state index contributed by atoms with van der Waals surface area (Å²) >= 11 is 1.28. The normalized spacial score (nSPS) is 14.8. The van der Waals surface area contributed by atoms with Crippen molar-refractivity contribution in [1.82, 2.24) is 19.7 Å². The summed E-state index contributed by atoms with van der Waals surface area (Å²) in [7, 11) is -1.71. The molecule has 4 rings (SSSR count). The van der Waals surface area contributed by atoms with Gasteiger partial charge in [-0.15, -0.1) is 11.3 Å². The highest BCUT2D eigenvalue weighted by atomic mass is 32.2. The molecule has 1 aliphatic rings. The predicted molar refractivity (Wildman–Crippen MR) is 103 cm³/mol. The highest BCUT2D eigenvalue weighted by molar-refractivity contribution is 7.93. The Kier molecular flexibility index (Phi) is 4.44. The van der Waals surface area contributed by atoms with Crippen LogP contribution in [0.15, 0.2) is 48.9 Å². The molecule has 0 saturated carbocycles. The van der Waals surface area contributed by atoms with Crippen molar-refractivity contribution >= 4 is 33.0 Å². The van der Waals surface area contributed by atoms with E-state index < -0.39 is 15.3 Å². The summed E-state index contributed by atoms with van der Waals surface area (Å²) < 4.78 is 29.1. The van der Waals surface area contributed by atoms with Crippen molar-refractivity contribution in [2.45, 2.75) is 5.25 Å². The number of benzene rings is 1. The van der Waals surface area contributed by atoms with Crippen LogP contribution in [0.25, 0.3) is 10.6 Å². The van der Waals surface area contributed by atoms with Crippen molar-refractivity contribution in [3.05, 3.63) is 53.8 Å². The molecule has 10 heteroatoms. The Balaban J connectivity index is 1.39. The van der Waals surface area contributed by atoms with Gasteiger partial charge in [-0.3, -0.25) is 14.2 Å². The summed E-state index contributed by atoms with van der Waals surface area (Å²) in [5, 5.41) is 4.19. The topological polar surface area (TPSA) is 97.2 Å². The van der Waals surface area contributed by atoms with Crippen molar-refractivity contribution in [3.63, 3.8) is 0 Å². The number of amides is 1. The number of sulfonamides is 1. The molecule has 1 saturated heterocycles. The lowest BCUT2D eigenvalue weighted by atomic mass is 10.2. The van der Waals surface area contributed by atoms with Gasteiger partial charge < -0.3 is 4.90 Å². The molecule has 0 bridgehead atoms. The molecule has 1 amide bonds. The first-order chi connectivity index (χ1) is 12.9. The monoisotopic (exact) mass is 403 g/mol. The van der Waals surface area contributed by atoms with Crippen LogP contribution in [-0.4, -0.2) is 52.3 Å². The third-order valence-electron chi connectivity index (χ3n) is 4.28. The average molecular weight is 403 g/mol. The van der Waals surface area contributed by atoms with Gasteiger partial charge in [0.05, 0.1) is 12.4 Å². The second-order valence-corrected chi connectivity index (χ2v) is 9.27. The number of thiazole rings is 1. The molecule has 1 N–H and O–H groups in total. The third-order valence-corrected chi connectivity index (χ3v) is 7.01. The lowest BCUT2D eigenvalue weighted by Crippen LogP contribution is -2.58. The number of likely N-dealkylation sites (tertiary alicyclic amines) is 1. The van der Waals surface area contributed by atoms with E-state index in [1.54, 1.807) is 35.1 Å². The standard InChI is InChI=1S/C17H17N5O3S2/c1-21-9-12(7-19-21)16-18-8-15(26-16)17(23)22-10-14(11-22)27(24,25)20-13-5-3-2-4-6-13/h2-9,14,20H,10-11H2,1H3. The van der Waals surface area contributed by atoms with E-state index in [9.17, 15) is 13.2 Å². The molecular weight excluding hydrogens is 386 g/mol. The fraction of sp³-hybridized carbons (Fsp3) is 0.235. The maximum Gasteiger partial charge on any atom is 0.265 e. The quantitative estimate of drug-likeness (QED) is 0.701. The van der Waals surface area contributed by atoms with Crippen LogP contribution in [0.2, 0.25) is 0 Å². The van der Waals surface area contributed by atoms with E-state index in [1.807, 2.05) is 19.3 Å². The van der Waals surface area contributed by atoms with E-state index >= 15 is 0 Å². The SMILES string of the molecule is Cn1cc(-c2ncc(C(=O)N3CC(S(=O)(=O)Nc4ccccc4)C3)s2)cn1. The van der Waals surface area contributed by atoms with Crippen molar-refractivity contribution < 1.29 is 13.2 Å². The molecule has 1 aliphatic heterocycles. The first kappa shape index (κ1) is 17.7. The van der Waals surface area contributed by atoms with E-state index in [1.165, 1.54) is 22.4 Å². The first-order valence-corrected chi connectivity index (χ1v) is 10.6. The van der Waals surface area contributed by atoms with Crippen molar-refractivity contribution in [3.8, 4) is 10.6 Å².